The summed E-state index contributed by atoms with van der Waals surface area (Å²) in [6.07, 6.45) is 0.216. The van der Waals surface area contributed by atoms with Crippen molar-refractivity contribution in [3.05, 3.63) is 35.9 Å². The molecule has 0 amide bonds. The second-order valence-corrected chi connectivity index (χ2v) is 7.25. The van der Waals surface area contributed by atoms with Crippen molar-refractivity contribution in [1.82, 2.24) is 0 Å². The van der Waals surface area contributed by atoms with Gasteiger partial charge in [0.1, 0.15) is 5.60 Å². The Labute approximate surface area is 127 Å². The molecule has 0 fully saturated rings. The third-order valence-corrected chi connectivity index (χ3v) is 3.60. The van der Waals surface area contributed by atoms with Crippen molar-refractivity contribution >= 4 is 5.97 Å². The summed E-state index contributed by atoms with van der Waals surface area (Å²) < 4.78 is 20.4. The standard InChI is InChI=1S/C18H27FO2/c1-7-18(19,15(20)21-16(2,3)4)13-17(5,6)14-11-9-8-10-12-14/h8-12H,7,13H2,1-6H3. The van der Waals surface area contributed by atoms with Crippen molar-refractivity contribution in [2.45, 2.75) is 71.1 Å². The molecule has 0 bridgehead atoms. The predicted octanol–water partition coefficient (Wildman–Crippen LogP) is 4.81. The van der Waals surface area contributed by atoms with Crippen molar-refractivity contribution in [1.29, 1.82) is 0 Å². The second kappa shape index (κ2) is 6.17. The van der Waals surface area contributed by atoms with Crippen LogP contribution in [0.5, 0.6) is 0 Å². The monoisotopic (exact) mass is 294 g/mol. The van der Waals surface area contributed by atoms with Gasteiger partial charge in [-0.25, -0.2) is 9.18 Å². The van der Waals surface area contributed by atoms with Gasteiger partial charge in [-0.05, 0) is 38.2 Å². The zero-order valence-corrected chi connectivity index (χ0v) is 14.0. The lowest BCUT2D eigenvalue weighted by Gasteiger charge is -2.34. The molecule has 3 heteroatoms. The summed E-state index contributed by atoms with van der Waals surface area (Å²) in [6.45, 7) is 10.9. The van der Waals surface area contributed by atoms with Gasteiger partial charge in [0.05, 0.1) is 0 Å². The van der Waals surface area contributed by atoms with Gasteiger partial charge in [-0.1, -0.05) is 51.1 Å². The number of hydrogen-bond acceptors (Lipinski definition) is 2. The van der Waals surface area contributed by atoms with Crippen LogP contribution in [0.2, 0.25) is 0 Å². The highest BCUT2D eigenvalue weighted by atomic mass is 19.1. The van der Waals surface area contributed by atoms with Crippen molar-refractivity contribution in [2.24, 2.45) is 0 Å². The van der Waals surface area contributed by atoms with Crippen LogP contribution in [0.3, 0.4) is 0 Å². The number of benzene rings is 1. The molecule has 21 heavy (non-hydrogen) atoms. The van der Waals surface area contributed by atoms with Gasteiger partial charge < -0.3 is 4.74 Å². The molecule has 0 radical (unpaired) electrons. The fraction of sp³-hybridized carbons (Fsp3) is 0.611. The van der Waals surface area contributed by atoms with E-state index in [-0.39, 0.29) is 12.8 Å². The van der Waals surface area contributed by atoms with Gasteiger partial charge >= 0.3 is 5.97 Å². The fourth-order valence-corrected chi connectivity index (χ4v) is 2.40. The third-order valence-electron chi connectivity index (χ3n) is 3.60. The number of hydrogen-bond donors (Lipinski definition) is 0. The highest BCUT2D eigenvalue weighted by Crippen LogP contribution is 2.37. The fourth-order valence-electron chi connectivity index (χ4n) is 2.40. The minimum absolute atomic E-state index is 0.107. The number of halogens is 1. The zero-order valence-electron chi connectivity index (χ0n) is 14.0. The minimum atomic E-state index is -1.97. The van der Waals surface area contributed by atoms with Crippen molar-refractivity contribution in [3.8, 4) is 0 Å². The summed E-state index contributed by atoms with van der Waals surface area (Å²) in [5, 5.41) is 0. The quantitative estimate of drug-likeness (QED) is 0.728. The molecule has 0 spiro atoms. The van der Waals surface area contributed by atoms with Gasteiger partial charge in [-0.3, -0.25) is 0 Å². The van der Waals surface area contributed by atoms with E-state index in [0.717, 1.165) is 5.56 Å². The Balaban J connectivity index is 2.97. The summed E-state index contributed by atoms with van der Waals surface area (Å²) >= 11 is 0. The smallest absolute Gasteiger partial charge is 0.344 e. The van der Waals surface area contributed by atoms with Gasteiger partial charge in [-0.15, -0.1) is 0 Å². The molecule has 0 aliphatic rings. The molecule has 0 aromatic heterocycles. The maximum Gasteiger partial charge on any atom is 0.344 e. The maximum absolute atomic E-state index is 15.2. The van der Waals surface area contributed by atoms with Gasteiger partial charge in [0.2, 0.25) is 5.67 Å². The van der Waals surface area contributed by atoms with Gasteiger partial charge in [0.15, 0.2) is 0 Å². The lowest BCUT2D eigenvalue weighted by atomic mass is 9.75. The normalized spacial score (nSPS) is 15.4. The molecule has 0 aliphatic heterocycles. The molecule has 1 rings (SSSR count). The number of carbonyl (C=O) groups is 1. The number of ether oxygens (including phenoxy) is 1. The number of esters is 1. The second-order valence-electron chi connectivity index (χ2n) is 7.25. The van der Waals surface area contributed by atoms with E-state index in [1.807, 2.05) is 44.2 Å². The Morgan fingerprint density at radius 1 is 1.10 bits per heavy atom. The summed E-state index contributed by atoms with van der Waals surface area (Å²) in [6, 6.07) is 9.71. The van der Waals surface area contributed by atoms with E-state index in [1.54, 1.807) is 27.7 Å². The summed E-state index contributed by atoms with van der Waals surface area (Å²) in [4.78, 5) is 12.2. The Morgan fingerprint density at radius 2 is 1.62 bits per heavy atom. The van der Waals surface area contributed by atoms with Crippen LogP contribution in [-0.4, -0.2) is 17.2 Å². The van der Waals surface area contributed by atoms with E-state index in [1.165, 1.54) is 0 Å². The molecule has 1 unspecified atom stereocenters. The lowest BCUT2D eigenvalue weighted by Crippen LogP contribution is -2.43. The van der Waals surface area contributed by atoms with Crippen LogP contribution in [0.15, 0.2) is 30.3 Å². The average molecular weight is 294 g/mol. The van der Waals surface area contributed by atoms with Crippen molar-refractivity contribution in [2.75, 3.05) is 0 Å². The van der Waals surface area contributed by atoms with E-state index in [4.69, 9.17) is 4.74 Å². The zero-order chi connectivity index (χ0) is 16.3. The van der Waals surface area contributed by atoms with Gasteiger partial charge in [0, 0.05) is 6.42 Å². The number of rotatable bonds is 5. The van der Waals surface area contributed by atoms with Crippen LogP contribution in [0.1, 0.15) is 59.9 Å². The van der Waals surface area contributed by atoms with Crippen LogP contribution in [0.4, 0.5) is 4.39 Å². The summed E-state index contributed by atoms with van der Waals surface area (Å²) in [7, 11) is 0. The third kappa shape index (κ3) is 4.83. The van der Waals surface area contributed by atoms with Crippen LogP contribution >= 0.6 is 0 Å². The van der Waals surface area contributed by atoms with Crippen LogP contribution in [0, 0.1) is 0 Å². The van der Waals surface area contributed by atoms with Crippen LogP contribution < -0.4 is 0 Å². The topological polar surface area (TPSA) is 26.3 Å². The predicted molar refractivity (Wildman–Crippen MR) is 84.1 cm³/mol. The molecule has 0 saturated carbocycles. The molecular formula is C18H27FO2. The highest BCUT2D eigenvalue weighted by Gasteiger charge is 2.45. The summed E-state index contributed by atoms with van der Waals surface area (Å²) in [5.74, 6) is -0.762. The van der Waals surface area contributed by atoms with E-state index < -0.39 is 22.7 Å². The average Bonchev–Trinajstić information content (AvgIpc) is 2.37. The van der Waals surface area contributed by atoms with E-state index in [2.05, 4.69) is 0 Å². The minimum Gasteiger partial charge on any atom is -0.458 e. The molecule has 0 saturated heterocycles. The molecule has 2 nitrogen and oxygen atoms in total. The molecule has 0 aliphatic carbocycles. The van der Waals surface area contributed by atoms with E-state index in [9.17, 15) is 4.79 Å². The number of carbonyl (C=O) groups excluding carboxylic acids is 1. The van der Waals surface area contributed by atoms with Gasteiger partial charge in [0.25, 0.3) is 0 Å². The first-order valence-electron chi connectivity index (χ1n) is 7.48. The Hall–Kier alpha value is -1.38. The van der Waals surface area contributed by atoms with Crippen LogP contribution in [-0.2, 0) is 14.9 Å². The van der Waals surface area contributed by atoms with Gasteiger partial charge in [-0.2, -0.15) is 0 Å². The molecular weight excluding hydrogens is 267 g/mol. The molecule has 1 atom stereocenters. The lowest BCUT2D eigenvalue weighted by molar-refractivity contribution is -0.171. The number of alkyl halides is 1. The molecule has 1 aromatic rings. The maximum atomic E-state index is 15.2. The Kier molecular flexibility index (Phi) is 5.19. The molecule has 0 heterocycles. The van der Waals surface area contributed by atoms with Crippen LogP contribution in [0.25, 0.3) is 0 Å². The molecule has 118 valence electrons. The largest absolute Gasteiger partial charge is 0.458 e. The molecule has 0 N–H and O–H groups in total. The first-order chi connectivity index (χ1) is 9.50. The van der Waals surface area contributed by atoms with Crippen molar-refractivity contribution in [3.63, 3.8) is 0 Å². The SMILES string of the molecule is CCC(F)(CC(C)(C)c1ccccc1)C(=O)OC(C)(C)C. The van der Waals surface area contributed by atoms with E-state index in [0.29, 0.717) is 0 Å². The Bertz CT molecular complexity index is 474. The first kappa shape index (κ1) is 17.7. The molecule has 1 aromatic carbocycles. The Morgan fingerprint density at radius 3 is 2.05 bits per heavy atom. The first-order valence-corrected chi connectivity index (χ1v) is 7.48. The summed E-state index contributed by atoms with van der Waals surface area (Å²) in [5.41, 5.74) is -2.07. The van der Waals surface area contributed by atoms with Crippen molar-refractivity contribution < 1.29 is 13.9 Å². The van der Waals surface area contributed by atoms with E-state index >= 15 is 4.39 Å². The highest BCUT2D eigenvalue weighted by molar-refractivity contribution is 5.80.